The van der Waals surface area contributed by atoms with E-state index < -0.39 is 0 Å². The summed E-state index contributed by atoms with van der Waals surface area (Å²) in [6.07, 6.45) is 2.90. The van der Waals surface area contributed by atoms with Gasteiger partial charge < -0.3 is 0 Å². The highest BCUT2D eigenvalue weighted by Gasteiger charge is 2.17. The molecule has 60 valence electrons. The molecular formula is C6H16P4. The third-order valence-electron chi connectivity index (χ3n) is 1.68. The van der Waals surface area contributed by atoms with Crippen molar-refractivity contribution >= 4 is 33.1 Å². The molecule has 1 aliphatic rings. The molecule has 1 saturated heterocycles. The molecule has 0 nitrogen and oxygen atoms in total. The second-order valence-electron chi connectivity index (χ2n) is 2.50. The maximum absolute atomic E-state index is 2.35. The van der Waals surface area contributed by atoms with Crippen molar-refractivity contribution in [2.24, 2.45) is 0 Å². The molecule has 4 atom stereocenters. The van der Waals surface area contributed by atoms with E-state index in [0.717, 1.165) is 10.8 Å². The van der Waals surface area contributed by atoms with Crippen LogP contribution in [0.1, 0.15) is 26.7 Å². The Morgan fingerprint density at radius 3 is 1.30 bits per heavy atom. The molecule has 0 aliphatic carbocycles. The lowest BCUT2D eigenvalue weighted by molar-refractivity contribution is 1.04. The first-order valence-electron chi connectivity index (χ1n) is 3.89. The van der Waals surface area contributed by atoms with Crippen LogP contribution in [0.25, 0.3) is 0 Å². The van der Waals surface area contributed by atoms with Crippen LogP contribution in [-0.4, -0.2) is 10.8 Å². The summed E-state index contributed by atoms with van der Waals surface area (Å²) < 4.78 is 0. The van der Waals surface area contributed by atoms with Crippen LogP contribution in [-0.2, 0) is 0 Å². The standard InChI is InChI=1S/C6H16P4/c1-3-5-7-9-6(4-2)10-8-5/h5-10H,3-4H2,1-2H3. The SMILES string of the molecule is CCC1PPC(CC)PP1. The number of hydrogen-bond acceptors (Lipinski definition) is 0. The quantitative estimate of drug-likeness (QED) is 0.606. The predicted molar refractivity (Wildman–Crippen MR) is 61.4 cm³/mol. The van der Waals surface area contributed by atoms with Gasteiger partial charge in [-0.1, -0.05) is 46.9 Å². The smallest absolute Gasteiger partial charge is 0.00100 e. The van der Waals surface area contributed by atoms with Crippen LogP contribution >= 0.6 is 33.1 Å². The molecule has 0 saturated carbocycles. The Bertz CT molecular complexity index is 75.7. The van der Waals surface area contributed by atoms with Gasteiger partial charge in [-0.05, 0) is 12.8 Å². The van der Waals surface area contributed by atoms with Crippen molar-refractivity contribution in [2.45, 2.75) is 37.5 Å². The summed E-state index contributed by atoms with van der Waals surface area (Å²) in [4.78, 5) is 0. The molecule has 0 aromatic rings. The molecule has 0 aromatic carbocycles. The summed E-state index contributed by atoms with van der Waals surface area (Å²) in [7, 11) is 5.31. The van der Waals surface area contributed by atoms with E-state index >= 15 is 0 Å². The van der Waals surface area contributed by atoms with Crippen LogP contribution < -0.4 is 0 Å². The largest absolute Gasteiger partial charge is 0.0910 e. The lowest BCUT2D eigenvalue weighted by atomic mass is 10.6. The summed E-state index contributed by atoms with van der Waals surface area (Å²) in [5.41, 5.74) is 0. The topological polar surface area (TPSA) is 0 Å². The van der Waals surface area contributed by atoms with E-state index in [1.165, 1.54) is 45.9 Å². The lowest BCUT2D eigenvalue weighted by Gasteiger charge is -2.27. The van der Waals surface area contributed by atoms with Gasteiger partial charge in [0.25, 0.3) is 0 Å². The molecule has 1 fully saturated rings. The van der Waals surface area contributed by atoms with Crippen molar-refractivity contribution in [1.82, 2.24) is 0 Å². The Balaban J connectivity index is 2.17. The van der Waals surface area contributed by atoms with E-state index in [0.29, 0.717) is 0 Å². The first-order chi connectivity index (χ1) is 4.86. The molecule has 0 bridgehead atoms. The van der Waals surface area contributed by atoms with Crippen molar-refractivity contribution in [2.75, 3.05) is 0 Å². The van der Waals surface area contributed by atoms with E-state index in [-0.39, 0.29) is 0 Å². The van der Waals surface area contributed by atoms with E-state index in [1.807, 2.05) is 0 Å². The summed E-state index contributed by atoms with van der Waals surface area (Å²) in [5.74, 6) is 0. The lowest BCUT2D eigenvalue weighted by Crippen LogP contribution is -1.94. The normalized spacial score (nSPS) is 43.8. The molecule has 1 rings (SSSR count). The fraction of sp³-hybridized carbons (Fsp3) is 1.00. The van der Waals surface area contributed by atoms with E-state index in [9.17, 15) is 0 Å². The summed E-state index contributed by atoms with van der Waals surface area (Å²) in [6, 6.07) is 0. The van der Waals surface area contributed by atoms with Crippen LogP contribution in [0.15, 0.2) is 0 Å². The van der Waals surface area contributed by atoms with Crippen molar-refractivity contribution in [1.29, 1.82) is 0 Å². The van der Waals surface area contributed by atoms with E-state index in [1.54, 1.807) is 0 Å². The fourth-order valence-electron chi connectivity index (χ4n) is 0.883. The van der Waals surface area contributed by atoms with Crippen LogP contribution in [0.5, 0.6) is 0 Å². The summed E-state index contributed by atoms with van der Waals surface area (Å²) in [6.45, 7) is 4.71. The highest BCUT2D eigenvalue weighted by molar-refractivity contribution is 8.29. The van der Waals surface area contributed by atoms with Gasteiger partial charge in [0.05, 0.1) is 0 Å². The zero-order chi connectivity index (χ0) is 7.40. The minimum atomic E-state index is 1.15. The first kappa shape index (κ1) is 9.81. The highest BCUT2D eigenvalue weighted by Crippen LogP contribution is 2.69. The summed E-state index contributed by atoms with van der Waals surface area (Å²) in [5, 5.41) is 2.30. The zero-order valence-corrected chi connectivity index (χ0v) is 10.6. The van der Waals surface area contributed by atoms with Crippen LogP contribution in [0, 0.1) is 0 Å². The minimum absolute atomic E-state index is 1.15. The monoisotopic (exact) mass is 212 g/mol. The van der Waals surface area contributed by atoms with Crippen molar-refractivity contribution in [3.05, 3.63) is 0 Å². The first-order valence-corrected chi connectivity index (χ1v) is 10.2. The molecule has 0 amide bonds. The summed E-state index contributed by atoms with van der Waals surface area (Å²) >= 11 is 0. The third kappa shape index (κ3) is 2.99. The molecule has 4 unspecified atom stereocenters. The van der Waals surface area contributed by atoms with Crippen molar-refractivity contribution < 1.29 is 0 Å². The minimum Gasteiger partial charge on any atom is -0.0910 e. The van der Waals surface area contributed by atoms with E-state index in [2.05, 4.69) is 13.8 Å². The molecule has 1 heterocycles. The Hall–Kier alpha value is 1.72. The van der Waals surface area contributed by atoms with Gasteiger partial charge in [0.1, 0.15) is 0 Å². The highest BCUT2D eigenvalue weighted by atomic mass is 32.1. The average molecular weight is 212 g/mol. The molecule has 4 heteroatoms. The predicted octanol–water partition coefficient (Wildman–Crippen LogP) is 4.02. The second kappa shape index (κ2) is 5.38. The van der Waals surface area contributed by atoms with Gasteiger partial charge in [0.15, 0.2) is 0 Å². The van der Waals surface area contributed by atoms with Gasteiger partial charge in [-0.3, -0.25) is 0 Å². The second-order valence-corrected chi connectivity index (χ2v) is 11.1. The zero-order valence-electron chi connectivity index (χ0n) is 6.57. The van der Waals surface area contributed by atoms with Crippen molar-refractivity contribution in [3.63, 3.8) is 0 Å². The number of rotatable bonds is 2. The molecule has 10 heavy (non-hydrogen) atoms. The Morgan fingerprint density at radius 1 is 0.800 bits per heavy atom. The number of hydrogen-bond donors (Lipinski definition) is 0. The van der Waals surface area contributed by atoms with Crippen LogP contribution in [0.4, 0.5) is 0 Å². The van der Waals surface area contributed by atoms with Gasteiger partial charge in [-0.2, -0.15) is 0 Å². The molecule has 0 aromatic heterocycles. The van der Waals surface area contributed by atoms with Gasteiger partial charge in [-0.15, -0.1) is 0 Å². The molecular weight excluding hydrogens is 196 g/mol. The maximum atomic E-state index is 2.35. The maximum Gasteiger partial charge on any atom is 0.00100 e. The fourth-order valence-corrected chi connectivity index (χ4v) is 16.1. The van der Waals surface area contributed by atoms with Crippen LogP contribution in [0.2, 0.25) is 0 Å². The van der Waals surface area contributed by atoms with E-state index in [4.69, 9.17) is 0 Å². The van der Waals surface area contributed by atoms with Gasteiger partial charge in [0.2, 0.25) is 0 Å². The van der Waals surface area contributed by atoms with Crippen molar-refractivity contribution in [3.8, 4) is 0 Å². The average Bonchev–Trinajstić information content (AvgIpc) is 2.05. The Kier molecular flexibility index (Phi) is 5.28. The molecule has 1 aliphatic heterocycles. The van der Waals surface area contributed by atoms with Gasteiger partial charge >= 0.3 is 0 Å². The molecule has 0 N–H and O–H groups in total. The molecule has 0 spiro atoms. The third-order valence-corrected chi connectivity index (χ3v) is 15.4. The van der Waals surface area contributed by atoms with Crippen LogP contribution in [0.3, 0.4) is 0 Å². The van der Waals surface area contributed by atoms with Gasteiger partial charge in [-0.25, -0.2) is 0 Å². The molecule has 0 radical (unpaired) electrons. The Labute approximate surface area is 71.0 Å². The Morgan fingerprint density at radius 2 is 1.10 bits per heavy atom. The van der Waals surface area contributed by atoms with Gasteiger partial charge in [0, 0.05) is 10.8 Å².